The Bertz CT molecular complexity index is 488. The van der Waals surface area contributed by atoms with Gasteiger partial charge in [-0.15, -0.1) is 0 Å². The molecule has 1 aliphatic rings. The van der Waals surface area contributed by atoms with E-state index in [1.165, 1.54) is 0 Å². The van der Waals surface area contributed by atoms with Gasteiger partial charge in [0, 0.05) is 32.3 Å². The number of likely N-dealkylation sites (tertiary alicyclic amines) is 1. The van der Waals surface area contributed by atoms with Crippen molar-refractivity contribution in [1.29, 1.82) is 0 Å². The Kier molecular flexibility index (Phi) is 5.82. The summed E-state index contributed by atoms with van der Waals surface area (Å²) in [5, 5.41) is 3.50. The van der Waals surface area contributed by atoms with Gasteiger partial charge in [-0.25, -0.2) is 4.98 Å². The van der Waals surface area contributed by atoms with E-state index in [-0.39, 0.29) is 12.0 Å². The van der Waals surface area contributed by atoms with Gasteiger partial charge >= 0.3 is 0 Å². The summed E-state index contributed by atoms with van der Waals surface area (Å²) in [5.41, 5.74) is 0.587. The molecule has 1 aromatic heterocycles. The molecule has 1 N–H and O–H groups in total. The van der Waals surface area contributed by atoms with Gasteiger partial charge in [-0.2, -0.15) is 0 Å². The summed E-state index contributed by atoms with van der Waals surface area (Å²) >= 11 is 6.02. The number of halogens is 1. The number of methoxy groups -OCH3 is 1. The van der Waals surface area contributed by atoms with E-state index in [2.05, 4.69) is 17.2 Å². The average Bonchev–Trinajstić information content (AvgIpc) is 2.51. The van der Waals surface area contributed by atoms with E-state index in [1.807, 2.05) is 4.90 Å². The standard InChI is InChI=1S/C15H22ClN3O2/c1-3-6-17-14-10-11(9-13(16)18-14)15(20)19-7-4-12(21-2)5-8-19/h9-10,12H,3-8H2,1-2H3,(H,17,18). The fourth-order valence-corrected chi connectivity index (χ4v) is 2.65. The van der Waals surface area contributed by atoms with Gasteiger partial charge in [0.2, 0.25) is 0 Å². The number of pyridine rings is 1. The van der Waals surface area contributed by atoms with E-state index in [1.54, 1.807) is 19.2 Å². The highest BCUT2D eigenvalue weighted by Crippen LogP contribution is 2.19. The Balaban J connectivity index is 2.06. The maximum atomic E-state index is 12.5. The number of nitrogens with zero attached hydrogens (tertiary/aromatic N) is 2. The van der Waals surface area contributed by atoms with E-state index in [0.717, 1.165) is 38.9 Å². The molecule has 1 aliphatic heterocycles. The summed E-state index contributed by atoms with van der Waals surface area (Å²) in [6.45, 7) is 4.31. The zero-order chi connectivity index (χ0) is 15.2. The number of hydrogen-bond acceptors (Lipinski definition) is 4. The number of anilines is 1. The Hall–Kier alpha value is -1.33. The van der Waals surface area contributed by atoms with Crippen LogP contribution in [0.4, 0.5) is 5.82 Å². The second-order valence-electron chi connectivity index (χ2n) is 5.22. The van der Waals surface area contributed by atoms with E-state index >= 15 is 0 Å². The lowest BCUT2D eigenvalue weighted by Gasteiger charge is -2.31. The first kappa shape index (κ1) is 16.0. The van der Waals surface area contributed by atoms with Crippen LogP contribution in [-0.2, 0) is 4.74 Å². The number of carbonyl (C=O) groups excluding carboxylic acids is 1. The molecule has 0 aliphatic carbocycles. The molecule has 1 amide bonds. The molecule has 0 unspecified atom stereocenters. The molecule has 1 saturated heterocycles. The smallest absolute Gasteiger partial charge is 0.254 e. The van der Waals surface area contributed by atoms with Crippen LogP contribution in [0.2, 0.25) is 5.15 Å². The lowest BCUT2D eigenvalue weighted by molar-refractivity contribution is 0.0351. The molecule has 0 spiro atoms. The first-order valence-electron chi connectivity index (χ1n) is 7.37. The number of piperidine rings is 1. The zero-order valence-electron chi connectivity index (χ0n) is 12.6. The summed E-state index contributed by atoms with van der Waals surface area (Å²) in [6.07, 6.45) is 3.00. The van der Waals surface area contributed by atoms with Crippen LogP contribution in [0.1, 0.15) is 36.5 Å². The van der Waals surface area contributed by atoms with Gasteiger partial charge in [-0.3, -0.25) is 4.79 Å². The molecule has 6 heteroatoms. The van der Waals surface area contributed by atoms with Crippen molar-refractivity contribution in [2.24, 2.45) is 0 Å². The van der Waals surface area contributed by atoms with Crippen molar-refractivity contribution < 1.29 is 9.53 Å². The summed E-state index contributed by atoms with van der Waals surface area (Å²) in [5.74, 6) is 0.660. The van der Waals surface area contributed by atoms with E-state index < -0.39 is 0 Å². The lowest BCUT2D eigenvalue weighted by Crippen LogP contribution is -2.40. The quantitative estimate of drug-likeness (QED) is 0.850. The van der Waals surface area contributed by atoms with Crippen LogP contribution in [0.3, 0.4) is 0 Å². The van der Waals surface area contributed by atoms with Crippen molar-refractivity contribution in [3.63, 3.8) is 0 Å². The molecule has 5 nitrogen and oxygen atoms in total. The minimum Gasteiger partial charge on any atom is -0.381 e. The Labute approximate surface area is 130 Å². The van der Waals surface area contributed by atoms with Crippen LogP contribution in [0.15, 0.2) is 12.1 Å². The van der Waals surface area contributed by atoms with Crippen molar-refractivity contribution in [2.75, 3.05) is 32.1 Å². The summed E-state index contributed by atoms with van der Waals surface area (Å²) in [7, 11) is 1.72. The molecule has 1 aromatic rings. The average molecular weight is 312 g/mol. The normalized spacial score (nSPS) is 16.0. The van der Waals surface area contributed by atoms with Crippen LogP contribution in [0.5, 0.6) is 0 Å². The first-order chi connectivity index (χ1) is 10.1. The van der Waals surface area contributed by atoms with Gasteiger partial charge in [0.05, 0.1) is 6.10 Å². The van der Waals surface area contributed by atoms with Crippen molar-refractivity contribution >= 4 is 23.3 Å². The van der Waals surface area contributed by atoms with Crippen LogP contribution < -0.4 is 5.32 Å². The number of aromatic nitrogens is 1. The highest BCUT2D eigenvalue weighted by Gasteiger charge is 2.24. The highest BCUT2D eigenvalue weighted by molar-refractivity contribution is 6.29. The third-order valence-electron chi connectivity index (χ3n) is 3.66. The fraction of sp³-hybridized carbons (Fsp3) is 0.600. The van der Waals surface area contributed by atoms with Gasteiger partial charge < -0.3 is 15.0 Å². The van der Waals surface area contributed by atoms with E-state index in [4.69, 9.17) is 16.3 Å². The molecule has 0 radical (unpaired) electrons. The highest BCUT2D eigenvalue weighted by atomic mass is 35.5. The molecule has 0 aromatic carbocycles. The predicted molar refractivity (Wildman–Crippen MR) is 84.0 cm³/mol. The second kappa shape index (κ2) is 7.61. The van der Waals surface area contributed by atoms with Crippen molar-refractivity contribution in [1.82, 2.24) is 9.88 Å². The largest absolute Gasteiger partial charge is 0.381 e. The first-order valence-corrected chi connectivity index (χ1v) is 7.75. The zero-order valence-corrected chi connectivity index (χ0v) is 13.3. The Morgan fingerprint density at radius 2 is 2.19 bits per heavy atom. The topological polar surface area (TPSA) is 54.5 Å². The second-order valence-corrected chi connectivity index (χ2v) is 5.61. The van der Waals surface area contributed by atoms with Crippen molar-refractivity contribution in [2.45, 2.75) is 32.3 Å². The number of nitrogens with one attached hydrogen (secondary N) is 1. The minimum absolute atomic E-state index is 0.00778. The van der Waals surface area contributed by atoms with Crippen molar-refractivity contribution in [3.8, 4) is 0 Å². The Morgan fingerprint density at radius 3 is 2.81 bits per heavy atom. The lowest BCUT2D eigenvalue weighted by atomic mass is 10.1. The molecule has 21 heavy (non-hydrogen) atoms. The van der Waals surface area contributed by atoms with Crippen LogP contribution >= 0.6 is 11.6 Å². The number of rotatable bonds is 5. The van der Waals surface area contributed by atoms with E-state index in [9.17, 15) is 4.79 Å². The third-order valence-corrected chi connectivity index (χ3v) is 3.85. The summed E-state index contributed by atoms with van der Waals surface area (Å²) in [6, 6.07) is 3.40. The molecule has 2 heterocycles. The maximum absolute atomic E-state index is 12.5. The van der Waals surface area contributed by atoms with Gasteiger partial charge in [0.1, 0.15) is 11.0 Å². The predicted octanol–water partition coefficient (Wildman–Crippen LogP) is 2.81. The molecular formula is C15H22ClN3O2. The molecular weight excluding hydrogens is 290 g/mol. The molecule has 1 fully saturated rings. The van der Waals surface area contributed by atoms with E-state index in [0.29, 0.717) is 16.5 Å². The van der Waals surface area contributed by atoms with Gasteiger partial charge in [0.25, 0.3) is 5.91 Å². The number of ether oxygens (including phenoxy) is 1. The molecule has 116 valence electrons. The van der Waals surface area contributed by atoms with Gasteiger partial charge in [-0.05, 0) is 31.4 Å². The van der Waals surface area contributed by atoms with Crippen LogP contribution in [0.25, 0.3) is 0 Å². The molecule has 0 saturated carbocycles. The van der Waals surface area contributed by atoms with Crippen molar-refractivity contribution in [3.05, 3.63) is 22.8 Å². The van der Waals surface area contributed by atoms with Crippen LogP contribution in [0, 0.1) is 0 Å². The molecule has 0 atom stereocenters. The van der Waals surface area contributed by atoms with Gasteiger partial charge in [-0.1, -0.05) is 18.5 Å². The summed E-state index contributed by atoms with van der Waals surface area (Å²) < 4.78 is 5.33. The molecule has 2 rings (SSSR count). The van der Waals surface area contributed by atoms with Crippen LogP contribution in [-0.4, -0.2) is 48.6 Å². The molecule has 0 bridgehead atoms. The fourth-order valence-electron chi connectivity index (χ4n) is 2.44. The Morgan fingerprint density at radius 1 is 1.48 bits per heavy atom. The van der Waals surface area contributed by atoms with Gasteiger partial charge in [0.15, 0.2) is 0 Å². The monoisotopic (exact) mass is 311 g/mol. The number of amides is 1. The number of hydrogen-bond donors (Lipinski definition) is 1. The summed E-state index contributed by atoms with van der Waals surface area (Å²) in [4.78, 5) is 18.6. The third kappa shape index (κ3) is 4.32. The SMILES string of the molecule is CCCNc1cc(C(=O)N2CCC(OC)CC2)cc(Cl)n1. The number of carbonyl (C=O) groups is 1. The minimum atomic E-state index is 0.00778. The maximum Gasteiger partial charge on any atom is 0.254 e.